The van der Waals surface area contributed by atoms with Gasteiger partial charge >= 0.3 is 6.18 Å². The Kier molecular flexibility index (Phi) is 7.16. The number of amides is 1. The lowest BCUT2D eigenvalue weighted by atomic mass is 10.2. The van der Waals surface area contributed by atoms with Crippen LogP contribution in [0, 0.1) is 6.92 Å². The fourth-order valence-corrected chi connectivity index (χ4v) is 3.96. The predicted octanol–water partition coefficient (Wildman–Crippen LogP) is 4.03. The Balaban J connectivity index is 1.46. The largest absolute Gasteiger partial charge is 0.416 e. The van der Waals surface area contributed by atoms with Crippen LogP contribution in [0.15, 0.2) is 71.5 Å². The van der Waals surface area contributed by atoms with E-state index in [0.29, 0.717) is 31.9 Å². The van der Waals surface area contributed by atoms with E-state index in [1.807, 2.05) is 36.4 Å². The Morgan fingerprint density at radius 3 is 2.40 bits per heavy atom. The highest BCUT2D eigenvalue weighted by Crippen LogP contribution is 2.30. The van der Waals surface area contributed by atoms with Crippen LogP contribution in [0.5, 0.6) is 0 Å². The maximum absolute atomic E-state index is 13.1. The zero-order valence-corrected chi connectivity index (χ0v) is 19.2. The van der Waals surface area contributed by atoms with Crippen molar-refractivity contribution in [3.63, 3.8) is 0 Å². The molecule has 0 atom stereocenters. The summed E-state index contributed by atoms with van der Waals surface area (Å²) in [7, 11) is 0. The lowest BCUT2D eigenvalue weighted by molar-refractivity contribution is -0.137. The van der Waals surface area contributed by atoms with Gasteiger partial charge in [0.15, 0.2) is 5.69 Å². The van der Waals surface area contributed by atoms with Crippen molar-refractivity contribution in [2.24, 2.45) is 0 Å². The molecule has 0 unspecified atom stereocenters. The Labute approximate surface area is 200 Å². The van der Waals surface area contributed by atoms with Crippen LogP contribution in [0.4, 0.5) is 13.2 Å². The van der Waals surface area contributed by atoms with E-state index < -0.39 is 23.1 Å². The first kappa shape index (κ1) is 24.4. The third-order valence-electron chi connectivity index (χ3n) is 5.86. The monoisotopic (exact) mass is 482 g/mol. The predicted molar refractivity (Wildman–Crippen MR) is 127 cm³/mol. The van der Waals surface area contributed by atoms with Gasteiger partial charge in [-0.2, -0.15) is 18.3 Å². The molecule has 3 aromatic rings. The molecule has 0 saturated carbocycles. The number of rotatable bonds is 5. The topological polar surface area (TPSA) is 58.4 Å². The highest BCUT2D eigenvalue weighted by atomic mass is 19.4. The molecule has 6 nitrogen and oxygen atoms in total. The standard InChI is InChI=1S/C26H25F3N4O2/c1-19-17-23(34)24(30-33(19)22-11-5-10-21(18-22)26(27,28)29)25(35)32-15-13-31(14-16-32)12-6-9-20-7-3-2-4-8-20/h2-11,17-18H,12-16H2,1H3/b9-6+. The summed E-state index contributed by atoms with van der Waals surface area (Å²) >= 11 is 0. The summed E-state index contributed by atoms with van der Waals surface area (Å²) in [5.41, 5.74) is -0.110. The Morgan fingerprint density at radius 1 is 1.00 bits per heavy atom. The Morgan fingerprint density at radius 2 is 1.71 bits per heavy atom. The number of benzene rings is 2. The van der Waals surface area contributed by atoms with Crippen molar-refractivity contribution in [1.82, 2.24) is 19.6 Å². The van der Waals surface area contributed by atoms with E-state index in [0.717, 1.165) is 24.2 Å². The fourth-order valence-electron chi connectivity index (χ4n) is 3.96. The van der Waals surface area contributed by atoms with E-state index in [-0.39, 0.29) is 11.4 Å². The summed E-state index contributed by atoms with van der Waals surface area (Å²) in [6.45, 7) is 4.43. The van der Waals surface area contributed by atoms with Crippen LogP contribution in [0.2, 0.25) is 0 Å². The van der Waals surface area contributed by atoms with Gasteiger partial charge in [0.25, 0.3) is 5.91 Å². The highest BCUT2D eigenvalue weighted by molar-refractivity contribution is 5.92. The maximum atomic E-state index is 13.1. The molecule has 1 amide bonds. The van der Waals surface area contributed by atoms with Crippen molar-refractivity contribution in [2.75, 3.05) is 32.7 Å². The normalized spacial score (nSPS) is 15.0. The average Bonchev–Trinajstić information content (AvgIpc) is 2.84. The van der Waals surface area contributed by atoms with Crippen molar-refractivity contribution >= 4 is 12.0 Å². The maximum Gasteiger partial charge on any atom is 0.416 e. The fraction of sp³-hybridized carbons (Fsp3) is 0.269. The second-order valence-corrected chi connectivity index (χ2v) is 8.36. The highest BCUT2D eigenvalue weighted by Gasteiger charge is 2.31. The van der Waals surface area contributed by atoms with E-state index >= 15 is 0 Å². The van der Waals surface area contributed by atoms with Gasteiger partial charge in [0, 0.05) is 44.5 Å². The lowest BCUT2D eigenvalue weighted by Crippen LogP contribution is -2.49. The van der Waals surface area contributed by atoms with Crippen molar-refractivity contribution in [3.05, 3.63) is 99.5 Å². The molecule has 35 heavy (non-hydrogen) atoms. The second kappa shape index (κ2) is 10.3. The van der Waals surface area contributed by atoms with Crippen LogP contribution < -0.4 is 5.43 Å². The summed E-state index contributed by atoms with van der Waals surface area (Å²) in [4.78, 5) is 29.4. The molecule has 0 bridgehead atoms. The van der Waals surface area contributed by atoms with E-state index in [1.165, 1.54) is 22.9 Å². The van der Waals surface area contributed by atoms with E-state index in [2.05, 4.69) is 16.1 Å². The number of aromatic nitrogens is 2. The Hall–Kier alpha value is -3.72. The molecule has 0 radical (unpaired) electrons. The molecule has 2 aromatic carbocycles. The van der Waals surface area contributed by atoms with Gasteiger partial charge in [0.2, 0.25) is 5.43 Å². The van der Waals surface area contributed by atoms with E-state index in [4.69, 9.17) is 0 Å². The SMILES string of the molecule is Cc1cc(=O)c(C(=O)N2CCN(C/C=C/c3ccccc3)CC2)nn1-c1cccc(C(F)(F)F)c1. The molecule has 4 rings (SSSR count). The molecule has 2 heterocycles. The Bertz CT molecular complexity index is 1280. The minimum absolute atomic E-state index is 0.126. The minimum atomic E-state index is -4.52. The first-order valence-corrected chi connectivity index (χ1v) is 11.2. The van der Waals surface area contributed by atoms with Gasteiger partial charge in [0.1, 0.15) is 0 Å². The molecule has 0 N–H and O–H groups in total. The van der Waals surface area contributed by atoms with Crippen LogP contribution in [-0.4, -0.2) is 58.2 Å². The second-order valence-electron chi connectivity index (χ2n) is 8.36. The first-order chi connectivity index (χ1) is 16.7. The number of carbonyl (C=O) groups is 1. The van der Waals surface area contributed by atoms with Gasteiger partial charge < -0.3 is 4.90 Å². The van der Waals surface area contributed by atoms with E-state index in [9.17, 15) is 22.8 Å². The number of hydrogen-bond donors (Lipinski definition) is 0. The zero-order valence-electron chi connectivity index (χ0n) is 19.2. The van der Waals surface area contributed by atoms with Crippen LogP contribution in [0.3, 0.4) is 0 Å². The molecule has 1 aromatic heterocycles. The molecule has 0 spiro atoms. The number of alkyl halides is 3. The molecule has 9 heteroatoms. The third-order valence-corrected chi connectivity index (χ3v) is 5.86. The van der Waals surface area contributed by atoms with Crippen molar-refractivity contribution in [2.45, 2.75) is 13.1 Å². The van der Waals surface area contributed by atoms with Gasteiger partial charge in [-0.15, -0.1) is 0 Å². The van der Waals surface area contributed by atoms with Crippen LogP contribution in [0.25, 0.3) is 11.8 Å². The van der Waals surface area contributed by atoms with Gasteiger partial charge in [-0.1, -0.05) is 48.6 Å². The molecule has 1 saturated heterocycles. The van der Waals surface area contributed by atoms with Gasteiger partial charge in [0.05, 0.1) is 11.3 Å². The van der Waals surface area contributed by atoms with Gasteiger partial charge in [-0.05, 0) is 30.7 Å². The van der Waals surface area contributed by atoms with Crippen LogP contribution >= 0.6 is 0 Å². The number of piperazine rings is 1. The summed E-state index contributed by atoms with van der Waals surface area (Å²) < 4.78 is 40.6. The quantitative estimate of drug-likeness (QED) is 0.551. The van der Waals surface area contributed by atoms with Crippen molar-refractivity contribution in [1.29, 1.82) is 0 Å². The summed E-state index contributed by atoms with van der Waals surface area (Å²) in [5.74, 6) is -0.518. The minimum Gasteiger partial charge on any atom is -0.335 e. The number of nitrogens with zero attached hydrogens (tertiary/aromatic N) is 4. The number of carbonyl (C=O) groups excluding carboxylic acids is 1. The average molecular weight is 483 g/mol. The summed E-state index contributed by atoms with van der Waals surface area (Å²) in [6.07, 6.45) is -0.399. The lowest BCUT2D eigenvalue weighted by Gasteiger charge is -2.33. The van der Waals surface area contributed by atoms with Crippen LogP contribution in [-0.2, 0) is 6.18 Å². The van der Waals surface area contributed by atoms with E-state index in [1.54, 1.807) is 11.8 Å². The molecule has 1 fully saturated rings. The number of hydrogen-bond acceptors (Lipinski definition) is 4. The molecule has 1 aliphatic heterocycles. The summed E-state index contributed by atoms with van der Waals surface area (Å²) in [6, 6.07) is 15.8. The third kappa shape index (κ3) is 5.86. The smallest absolute Gasteiger partial charge is 0.335 e. The molecular formula is C26H25F3N4O2. The first-order valence-electron chi connectivity index (χ1n) is 11.2. The summed E-state index contributed by atoms with van der Waals surface area (Å²) in [5, 5.41) is 4.16. The molecule has 0 aliphatic carbocycles. The van der Waals surface area contributed by atoms with Crippen molar-refractivity contribution < 1.29 is 18.0 Å². The molecular weight excluding hydrogens is 457 g/mol. The molecule has 182 valence electrons. The van der Waals surface area contributed by atoms with Crippen molar-refractivity contribution in [3.8, 4) is 5.69 Å². The van der Waals surface area contributed by atoms with Crippen LogP contribution in [0.1, 0.15) is 27.3 Å². The number of aryl methyl sites for hydroxylation is 1. The van der Waals surface area contributed by atoms with Gasteiger partial charge in [-0.3, -0.25) is 14.5 Å². The van der Waals surface area contributed by atoms with Gasteiger partial charge in [-0.25, -0.2) is 4.68 Å². The zero-order chi connectivity index (χ0) is 25.0. The molecule has 1 aliphatic rings. The number of halogens is 3.